The third-order valence-corrected chi connectivity index (χ3v) is 6.58. The Balaban J connectivity index is 1.58. The van der Waals surface area contributed by atoms with E-state index in [1.807, 2.05) is 12.1 Å². The van der Waals surface area contributed by atoms with Crippen molar-refractivity contribution in [1.29, 1.82) is 0 Å². The number of hydrogen-bond donors (Lipinski definition) is 2. The van der Waals surface area contributed by atoms with E-state index in [1.165, 1.54) is 0 Å². The van der Waals surface area contributed by atoms with Gasteiger partial charge in [-0.15, -0.1) is 0 Å². The molecule has 0 radical (unpaired) electrons. The molecule has 2 fully saturated rings. The molecule has 2 N–H and O–H groups in total. The Kier molecular flexibility index (Phi) is 4.97. The van der Waals surface area contributed by atoms with Gasteiger partial charge in [-0.05, 0) is 44.4 Å². The van der Waals surface area contributed by atoms with Gasteiger partial charge >= 0.3 is 0 Å². The number of piperidine rings is 1. The Morgan fingerprint density at radius 1 is 1.14 bits per heavy atom. The van der Waals surface area contributed by atoms with Crippen LogP contribution in [0, 0.1) is 0 Å². The fourth-order valence-corrected chi connectivity index (χ4v) is 4.63. The monoisotopic (exact) mass is 384 g/mol. The molecule has 1 aromatic rings. The number of amides is 3. The van der Waals surface area contributed by atoms with E-state index in [4.69, 9.17) is 0 Å². The van der Waals surface area contributed by atoms with E-state index in [2.05, 4.69) is 42.4 Å². The van der Waals surface area contributed by atoms with Crippen molar-refractivity contribution in [2.75, 3.05) is 6.54 Å². The number of rotatable bonds is 3. The summed E-state index contributed by atoms with van der Waals surface area (Å²) < 4.78 is 0. The molecule has 3 aliphatic rings. The Hall–Kier alpha value is -2.25. The summed E-state index contributed by atoms with van der Waals surface area (Å²) in [6, 6.07) is 6.51. The summed E-state index contributed by atoms with van der Waals surface area (Å²) in [5, 5.41) is 5.90. The highest BCUT2D eigenvalue weighted by Crippen LogP contribution is 2.31. The molecule has 1 aromatic carbocycles. The van der Waals surface area contributed by atoms with Crippen LogP contribution in [-0.2, 0) is 22.7 Å². The molecule has 7 heteroatoms. The highest BCUT2D eigenvalue weighted by Gasteiger charge is 2.40. The topological polar surface area (TPSA) is 81.8 Å². The molecule has 4 atom stereocenters. The van der Waals surface area contributed by atoms with E-state index in [-0.39, 0.29) is 24.1 Å². The minimum absolute atomic E-state index is 0.110. The number of piperazine rings is 1. The molecule has 0 aromatic heterocycles. The Bertz CT molecular complexity index is 824. The summed E-state index contributed by atoms with van der Waals surface area (Å²) in [5.41, 5.74) is 2.85. The lowest BCUT2D eigenvalue weighted by atomic mass is 9.98. The lowest BCUT2D eigenvalue weighted by Gasteiger charge is -2.43. The van der Waals surface area contributed by atoms with Crippen molar-refractivity contribution in [2.45, 2.75) is 70.9 Å². The fraction of sp³-hybridized carbons (Fsp3) is 0.571. The van der Waals surface area contributed by atoms with Gasteiger partial charge in [0.05, 0.1) is 0 Å². The first-order chi connectivity index (χ1) is 13.4. The number of fused-ring (bicyclic) bond motifs is 1. The number of carbonyl (C=O) groups excluding carboxylic acids is 3. The molecule has 28 heavy (non-hydrogen) atoms. The maximum atomic E-state index is 13.0. The predicted octanol–water partition coefficient (Wildman–Crippen LogP) is 1.02. The van der Waals surface area contributed by atoms with Crippen molar-refractivity contribution in [3.63, 3.8) is 0 Å². The van der Waals surface area contributed by atoms with Gasteiger partial charge in [-0.2, -0.15) is 0 Å². The van der Waals surface area contributed by atoms with Gasteiger partial charge < -0.3 is 10.2 Å². The second kappa shape index (κ2) is 7.29. The van der Waals surface area contributed by atoms with Crippen LogP contribution in [0.3, 0.4) is 0 Å². The minimum atomic E-state index is -0.567. The number of hydrogen-bond acceptors (Lipinski definition) is 5. The number of nitrogens with one attached hydrogen (secondary N) is 2. The Labute approximate surface area is 165 Å². The predicted molar refractivity (Wildman–Crippen MR) is 104 cm³/mol. The maximum absolute atomic E-state index is 13.0. The highest BCUT2D eigenvalue weighted by atomic mass is 16.2. The number of carbonyl (C=O) groups is 3. The van der Waals surface area contributed by atoms with Gasteiger partial charge in [-0.3, -0.25) is 24.6 Å². The molecular formula is C21H28N4O3. The van der Waals surface area contributed by atoms with Crippen molar-refractivity contribution in [1.82, 2.24) is 20.4 Å². The van der Waals surface area contributed by atoms with Gasteiger partial charge in [-0.1, -0.05) is 12.1 Å². The van der Waals surface area contributed by atoms with Crippen LogP contribution >= 0.6 is 0 Å². The first-order valence-electron chi connectivity index (χ1n) is 10.1. The number of imide groups is 1. The van der Waals surface area contributed by atoms with E-state index in [0.717, 1.165) is 24.2 Å². The van der Waals surface area contributed by atoms with Crippen LogP contribution in [0.5, 0.6) is 0 Å². The average molecular weight is 384 g/mol. The highest BCUT2D eigenvalue weighted by molar-refractivity contribution is 6.05. The van der Waals surface area contributed by atoms with Crippen molar-refractivity contribution in [3.05, 3.63) is 34.9 Å². The average Bonchev–Trinajstić information content (AvgIpc) is 2.99. The van der Waals surface area contributed by atoms with Gasteiger partial charge in [0, 0.05) is 49.7 Å². The SMILES string of the molecule is CC1NCC(C)N(Cc2cccc3c2CN(C2CCC(=O)NC2=O)C3=O)C1C. The summed E-state index contributed by atoms with van der Waals surface area (Å²) in [4.78, 5) is 40.8. The van der Waals surface area contributed by atoms with Crippen LogP contribution in [0.2, 0.25) is 0 Å². The summed E-state index contributed by atoms with van der Waals surface area (Å²) in [7, 11) is 0. The zero-order valence-corrected chi connectivity index (χ0v) is 16.7. The number of nitrogens with zero attached hydrogens (tertiary/aromatic N) is 2. The van der Waals surface area contributed by atoms with Crippen molar-refractivity contribution in [2.24, 2.45) is 0 Å². The first kappa shape index (κ1) is 19.1. The number of benzene rings is 1. The fourth-order valence-electron chi connectivity index (χ4n) is 4.63. The van der Waals surface area contributed by atoms with Gasteiger partial charge in [-0.25, -0.2) is 0 Å². The van der Waals surface area contributed by atoms with Gasteiger partial charge in [0.25, 0.3) is 5.91 Å². The maximum Gasteiger partial charge on any atom is 0.255 e. The smallest absolute Gasteiger partial charge is 0.255 e. The van der Waals surface area contributed by atoms with E-state index >= 15 is 0 Å². The van der Waals surface area contributed by atoms with Gasteiger partial charge in [0.15, 0.2) is 0 Å². The van der Waals surface area contributed by atoms with Crippen LogP contribution in [0.25, 0.3) is 0 Å². The quantitative estimate of drug-likeness (QED) is 0.761. The molecule has 3 aliphatic heterocycles. The molecular weight excluding hydrogens is 356 g/mol. The Morgan fingerprint density at radius 3 is 2.68 bits per heavy atom. The lowest BCUT2D eigenvalue weighted by Crippen LogP contribution is -2.59. The van der Waals surface area contributed by atoms with E-state index < -0.39 is 6.04 Å². The molecule has 0 saturated carbocycles. The molecule has 0 aliphatic carbocycles. The van der Waals surface area contributed by atoms with Crippen LogP contribution in [0.4, 0.5) is 0 Å². The third kappa shape index (κ3) is 3.22. The molecule has 0 bridgehead atoms. The summed E-state index contributed by atoms with van der Waals surface area (Å²) >= 11 is 0. The minimum Gasteiger partial charge on any atom is -0.322 e. The largest absolute Gasteiger partial charge is 0.322 e. The van der Waals surface area contributed by atoms with Crippen LogP contribution in [-0.4, -0.2) is 58.2 Å². The second-order valence-corrected chi connectivity index (χ2v) is 8.30. The van der Waals surface area contributed by atoms with Crippen LogP contribution in [0.15, 0.2) is 18.2 Å². The van der Waals surface area contributed by atoms with Crippen molar-refractivity contribution < 1.29 is 14.4 Å². The van der Waals surface area contributed by atoms with Crippen molar-refractivity contribution >= 4 is 17.7 Å². The first-order valence-corrected chi connectivity index (χ1v) is 10.1. The molecule has 150 valence electrons. The Morgan fingerprint density at radius 2 is 1.93 bits per heavy atom. The standard InChI is InChI=1S/C21H28N4O3/c1-12-9-22-13(2)14(3)24(12)10-15-5-4-6-16-17(15)11-25(21(16)28)18-7-8-19(26)23-20(18)27/h4-6,12-14,18,22H,7-11H2,1-3H3,(H,23,26,27). The van der Waals surface area contributed by atoms with Crippen LogP contribution < -0.4 is 10.6 Å². The normalized spacial score (nSPS) is 31.1. The molecule has 4 unspecified atom stereocenters. The van der Waals surface area contributed by atoms with E-state index in [0.29, 0.717) is 36.7 Å². The molecule has 2 saturated heterocycles. The zero-order valence-electron chi connectivity index (χ0n) is 16.7. The van der Waals surface area contributed by atoms with Gasteiger partial charge in [0.1, 0.15) is 6.04 Å². The molecule has 0 spiro atoms. The van der Waals surface area contributed by atoms with E-state index in [9.17, 15) is 14.4 Å². The summed E-state index contributed by atoms with van der Waals surface area (Å²) in [6.45, 7) is 8.82. The summed E-state index contributed by atoms with van der Waals surface area (Å²) in [6.07, 6.45) is 0.667. The molecule has 7 nitrogen and oxygen atoms in total. The second-order valence-electron chi connectivity index (χ2n) is 8.30. The summed E-state index contributed by atoms with van der Waals surface area (Å²) in [5.74, 6) is -0.736. The van der Waals surface area contributed by atoms with Gasteiger partial charge in [0.2, 0.25) is 11.8 Å². The molecule has 3 heterocycles. The van der Waals surface area contributed by atoms with Crippen molar-refractivity contribution in [3.8, 4) is 0 Å². The lowest BCUT2D eigenvalue weighted by molar-refractivity contribution is -0.136. The molecule has 4 rings (SSSR count). The van der Waals surface area contributed by atoms with Crippen LogP contribution in [0.1, 0.15) is 55.1 Å². The molecule has 3 amide bonds. The third-order valence-electron chi connectivity index (χ3n) is 6.58. The zero-order chi connectivity index (χ0) is 20.0. The van der Waals surface area contributed by atoms with E-state index in [1.54, 1.807) is 4.90 Å².